The van der Waals surface area contributed by atoms with Gasteiger partial charge in [-0.3, -0.25) is 19.1 Å². The summed E-state index contributed by atoms with van der Waals surface area (Å²) in [6.45, 7) is 2.72. The molecule has 1 aliphatic heterocycles. The lowest BCUT2D eigenvalue weighted by Crippen LogP contribution is -2.41. The molecule has 4 heterocycles. The zero-order valence-electron chi connectivity index (χ0n) is 20.6. The van der Waals surface area contributed by atoms with Gasteiger partial charge in [0.05, 0.1) is 29.1 Å². The van der Waals surface area contributed by atoms with Gasteiger partial charge in [-0.2, -0.15) is 5.10 Å². The molecule has 0 aliphatic carbocycles. The molecule has 0 unspecified atom stereocenters. The fraction of sp³-hybridized carbons (Fsp3) is 0.172. The summed E-state index contributed by atoms with van der Waals surface area (Å²) in [6, 6.07) is 17.0. The maximum atomic E-state index is 14.0. The highest BCUT2D eigenvalue weighted by molar-refractivity contribution is 9.10. The Morgan fingerprint density at radius 2 is 1.92 bits per heavy atom. The zero-order chi connectivity index (χ0) is 26.4. The van der Waals surface area contributed by atoms with Crippen LogP contribution in [0.4, 0.5) is 0 Å². The van der Waals surface area contributed by atoms with Crippen LogP contribution < -0.4 is 5.56 Å². The normalized spacial score (nSPS) is 13.1. The molecule has 1 aliphatic rings. The van der Waals surface area contributed by atoms with Crippen LogP contribution >= 0.6 is 27.5 Å². The molecule has 38 heavy (non-hydrogen) atoms. The first kappa shape index (κ1) is 24.6. The Hall–Kier alpha value is -3.75. The second kappa shape index (κ2) is 9.85. The summed E-state index contributed by atoms with van der Waals surface area (Å²) in [4.78, 5) is 33.4. The lowest BCUT2D eigenvalue weighted by Gasteiger charge is -2.30. The monoisotopic (exact) mass is 587 g/mol. The van der Waals surface area contributed by atoms with E-state index in [1.807, 2.05) is 60.2 Å². The van der Waals surface area contributed by atoms with Crippen LogP contribution in [0.3, 0.4) is 0 Å². The maximum Gasteiger partial charge on any atom is 0.261 e. The van der Waals surface area contributed by atoms with Crippen molar-refractivity contribution in [2.75, 3.05) is 6.54 Å². The van der Waals surface area contributed by atoms with Crippen LogP contribution in [0.2, 0.25) is 5.02 Å². The smallest absolute Gasteiger partial charge is 0.261 e. The van der Waals surface area contributed by atoms with Crippen molar-refractivity contribution in [2.45, 2.75) is 26.3 Å². The van der Waals surface area contributed by atoms with E-state index in [-0.39, 0.29) is 18.0 Å². The Morgan fingerprint density at radius 1 is 1.11 bits per heavy atom. The summed E-state index contributed by atoms with van der Waals surface area (Å²) in [5.74, 6) is -0.136. The van der Waals surface area contributed by atoms with Crippen LogP contribution in [-0.2, 0) is 19.4 Å². The van der Waals surface area contributed by atoms with Gasteiger partial charge < -0.3 is 4.90 Å². The van der Waals surface area contributed by atoms with Gasteiger partial charge in [-0.1, -0.05) is 35.4 Å². The number of amides is 1. The highest BCUT2D eigenvalue weighted by atomic mass is 79.9. The standard InChI is InChI=1S/C29H23BrClN5O2/c1-18-4-7-22(8-5-18)35-27-21(13-19-3-2-11-32-15-19)16-33-36(27)26-17-34(12-10-23(26)29(35)38)28(37)20-6-9-24(30)25(31)14-20/h2-9,11,14-16H,10,12-13,17H2,1H3. The van der Waals surface area contributed by atoms with E-state index in [2.05, 4.69) is 20.9 Å². The summed E-state index contributed by atoms with van der Waals surface area (Å²) in [6.07, 6.45) is 6.37. The topological polar surface area (TPSA) is 72.5 Å². The number of benzene rings is 2. The zero-order valence-corrected chi connectivity index (χ0v) is 22.9. The summed E-state index contributed by atoms with van der Waals surface area (Å²) >= 11 is 9.63. The van der Waals surface area contributed by atoms with Crippen molar-refractivity contribution < 1.29 is 4.79 Å². The molecular weight excluding hydrogens is 566 g/mol. The Balaban J connectivity index is 1.49. The van der Waals surface area contributed by atoms with Gasteiger partial charge in [0, 0.05) is 46.5 Å². The fourth-order valence-corrected chi connectivity index (χ4v) is 5.41. The predicted octanol–water partition coefficient (Wildman–Crippen LogP) is 5.39. The van der Waals surface area contributed by atoms with Gasteiger partial charge in [0.2, 0.25) is 0 Å². The number of hydrogen-bond donors (Lipinski definition) is 0. The van der Waals surface area contributed by atoms with E-state index in [1.165, 1.54) is 0 Å². The molecule has 0 fully saturated rings. The van der Waals surface area contributed by atoms with Gasteiger partial charge in [-0.15, -0.1) is 0 Å². The van der Waals surface area contributed by atoms with Crippen molar-refractivity contribution in [3.8, 4) is 5.69 Å². The first-order valence-electron chi connectivity index (χ1n) is 12.2. The van der Waals surface area contributed by atoms with Crippen molar-refractivity contribution >= 4 is 39.1 Å². The highest BCUT2D eigenvalue weighted by Gasteiger charge is 2.29. The number of carbonyl (C=O) groups excluding carboxylic acids is 1. The third-order valence-electron chi connectivity index (χ3n) is 6.93. The third-order valence-corrected chi connectivity index (χ3v) is 8.16. The molecule has 0 spiro atoms. The van der Waals surface area contributed by atoms with Crippen LogP contribution in [0.25, 0.3) is 11.3 Å². The van der Waals surface area contributed by atoms with Crippen LogP contribution in [0.15, 0.2) is 82.5 Å². The molecule has 0 atom stereocenters. The number of pyridine rings is 1. The number of rotatable bonds is 4. The van der Waals surface area contributed by atoms with E-state index >= 15 is 0 Å². The molecule has 1 amide bonds. The molecule has 7 nitrogen and oxygen atoms in total. The molecule has 0 bridgehead atoms. The van der Waals surface area contributed by atoms with E-state index in [1.54, 1.807) is 33.9 Å². The molecule has 3 aromatic heterocycles. The number of nitrogens with zero attached hydrogens (tertiary/aromatic N) is 5. The molecule has 190 valence electrons. The first-order valence-corrected chi connectivity index (χ1v) is 13.4. The number of hydrogen-bond acceptors (Lipinski definition) is 4. The molecule has 0 N–H and O–H groups in total. The van der Waals surface area contributed by atoms with Gasteiger partial charge in [-0.05, 0) is 71.2 Å². The van der Waals surface area contributed by atoms with Crippen LogP contribution in [0.5, 0.6) is 0 Å². The van der Waals surface area contributed by atoms with Gasteiger partial charge in [0.15, 0.2) is 0 Å². The van der Waals surface area contributed by atoms with E-state index in [9.17, 15) is 9.59 Å². The molecule has 6 rings (SSSR count). The van der Waals surface area contributed by atoms with Gasteiger partial charge in [-0.25, -0.2) is 4.52 Å². The number of aryl methyl sites for hydroxylation is 1. The molecular formula is C29H23BrClN5O2. The van der Waals surface area contributed by atoms with Crippen molar-refractivity contribution in [3.63, 3.8) is 0 Å². The Bertz CT molecular complexity index is 1750. The van der Waals surface area contributed by atoms with Gasteiger partial charge in [0.25, 0.3) is 11.5 Å². The first-order chi connectivity index (χ1) is 18.4. The second-order valence-electron chi connectivity index (χ2n) is 9.45. The Kier molecular flexibility index (Phi) is 6.37. The molecule has 2 aromatic carbocycles. The second-order valence-corrected chi connectivity index (χ2v) is 10.7. The summed E-state index contributed by atoms with van der Waals surface area (Å²) < 4.78 is 4.31. The van der Waals surface area contributed by atoms with Gasteiger partial charge in [0.1, 0.15) is 5.65 Å². The fourth-order valence-electron chi connectivity index (χ4n) is 4.98. The molecule has 0 radical (unpaired) electrons. The average molecular weight is 589 g/mol. The van der Waals surface area contributed by atoms with Crippen LogP contribution in [0.1, 0.15) is 38.3 Å². The van der Waals surface area contributed by atoms with Crippen molar-refractivity contribution in [2.24, 2.45) is 0 Å². The van der Waals surface area contributed by atoms with Gasteiger partial charge >= 0.3 is 0 Å². The van der Waals surface area contributed by atoms with E-state index in [0.29, 0.717) is 41.2 Å². The van der Waals surface area contributed by atoms with Crippen molar-refractivity contribution in [1.29, 1.82) is 0 Å². The Labute approximate surface area is 232 Å². The lowest BCUT2D eigenvalue weighted by molar-refractivity contribution is 0.0729. The summed E-state index contributed by atoms with van der Waals surface area (Å²) in [7, 11) is 0. The minimum Gasteiger partial charge on any atom is -0.332 e. The molecule has 0 saturated heterocycles. The quantitative estimate of drug-likeness (QED) is 0.282. The largest absolute Gasteiger partial charge is 0.332 e. The lowest BCUT2D eigenvalue weighted by atomic mass is 10.0. The molecule has 9 heteroatoms. The maximum absolute atomic E-state index is 14.0. The SMILES string of the molecule is Cc1ccc(-n2c(=O)c3c(n4ncc(Cc5cccnc5)c24)CN(C(=O)c2ccc(Br)c(Cl)c2)CC3)cc1. The summed E-state index contributed by atoms with van der Waals surface area (Å²) in [5.41, 5.74) is 6.34. The molecule has 5 aromatic rings. The van der Waals surface area contributed by atoms with Crippen molar-refractivity contribution in [3.05, 3.63) is 127 Å². The van der Waals surface area contributed by atoms with E-state index < -0.39 is 0 Å². The third kappa shape index (κ3) is 4.33. The Morgan fingerprint density at radius 3 is 2.66 bits per heavy atom. The van der Waals surface area contributed by atoms with E-state index in [0.717, 1.165) is 32.5 Å². The number of aromatic nitrogens is 4. The minimum atomic E-state index is -0.136. The van der Waals surface area contributed by atoms with Crippen LogP contribution in [0, 0.1) is 6.92 Å². The van der Waals surface area contributed by atoms with Crippen molar-refractivity contribution in [1.82, 2.24) is 24.1 Å². The average Bonchev–Trinajstić information content (AvgIpc) is 3.34. The highest BCUT2D eigenvalue weighted by Crippen LogP contribution is 2.27. The van der Waals surface area contributed by atoms with Crippen LogP contribution in [-0.4, -0.2) is 36.5 Å². The number of fused-ring (bicyclic) bond motifs is 3. The van der Waals surface area contributed by atoms with E-state index in [4.69, 9.17) is 16.7 Å². The molecule has 0 saturated carbocycles. The summed E-state index contributed by atoms with van der Waals surface area (Å²) in [5, 5.41) is 5.21. The number of carbonyl (C=O) groups is 1. The minimum absolute atomic E-state index is 0.0805. The number of halogens is 2. The predicted molar refractivity (Wildman–Crippen MR) is 150 cm³/mol.